The van der Waals surface area contributed by atoms with E-state index in [2.05, 4.69) is 10.2 Å². The minimum absolute atomic E-state index is 0.104. The summed E-state index contributed by atoms with van der Waals surface area (Å²) in [4.78, 5) is 13.4. The molecule has 0 aliphatic carbocycles. The van der Waals surface area contributed by atoms with Gasteiger partial charge in [-0.2, -0.15) is 13.2 Å². The summed E-state index contributed by atoms with van der Waals surface area (Å²) in [6.07, 6.45) is 3.91. The predicted molar refractivity (Wildman–Crippen MR) is 139 cm³/mol. The molecule has 0 saturated heterocycles. The maximum absolute atomic E-state index is 15.8. The smallest absolute Gasteiger partial charge is 0.318 e. The van der Waals surface area contributed by atoms with Gasteiger partial charge >= 0.3 is 11.9 Å². The fourth-order valence-electron chi connectivity index (χ4n) is 5.17. The molecule has 0 amide bonds. The first-order valence-electron chi connectivity index (χ1n) is 13.2. The Labute approximate surface area is 227 Å². The Morgan fingerprint density at radius 2 is 1.85 bits per heavy atom. The topological polar surface area (TPSA) is 60.1 Å². The Kier molecular flexibility index (Phi) is 7.36. The van der Waals surface area contributed by atoms with Crippen LogP contribution in [0.1, 0.15) is 67.7 Å². The molecule has 1 aliphatic heterocycles. The number of rotatable bonds is 6. The minimum atomic E-state index is -4.71. The zero-order valence-electron chi connectivity index (χ0n) is 22.2. The summed E-state index contributed by atoms with van der Waals surface area (Å²) in [5.41, 5.74) is -4.22. The Morgan fingerprint density at radius 3 is 2.58 bits per heavy atom. The van der Waals surface area contributed by atoms with Crippen molar-refractivity contribution in [3.05, 3.63) is 82.1 Å². The Bertz CT molecular complexity index is 1610. The van der Waals surface area contributed by atoms with E-state index in [1.807, 2.05) is 10.8 Å². The van der Waals surface area contributed by atoms with E-state index in [0.29, 0.717) is 5.56 Å². The Morgan fingerprint density at radius 1 is 1.07 bits per heavy atom. The van der Waals surface area contributed by atoms with Crippen molar-refractivity contribution in [1.29, 1.82) is 0 Å². The molecule has 212 valence electrons. The number of pyridine rings is 1. The third kappa shape index (κ3) is 5.31. The normalized spacial score (nSPS) is 17.2. The fourth-order valence-corrected chi connectivity index (χ4v) is 5.17. The van der Waals surface area contributed by atoms with Crippen LogP contribution in [0, 0.1) is 0 Å². The van der Waals surface area contributed by atoms with Crippen molar-refractivity contribution in [2.75, 3.05) is 6.54 Å². The third-order valence-electron chi connectivity index (χ3n) is 7.44. The van der Waals surface area contributed by atoms with Crippen LogP contribution in [-0.4, -0.2) is 41.1 Å². The first kappa shape index (κ1) is 27.7. The Balaban J connectivity index is 1.57. The molecular formula is C28H30F5N6O+. The van der Waals surface area contributed by atoms with Crippen molar-refractivity contribution in [2.24, 2.45) is 7.05 Å². The van der Waals surface area contributed by atoms with Gasteiger partial charge in [-0.3, -0.25) is 8.97 Å². The van der Waals surface area contributed by atoms with Gasteiger partial charge in [0.2, 0.25) is 0 Å². The lowest BCUT2D eigenvalue weighted by Gasteiger charge is -2.24. The number of halogens is 5. The standard InChI is InChI=1S/C28H30F5N6O/c1-27(30,24(29)25-35-34-18-36(25)2)20-9-8-10-21(14-20)38-17-23-22(28(31,32)33)13-19(16-39(23)26(38)40)15-37-11-6-4-3-5-7-12-37/h8-11,13-14,16-18,24H,3-7,12,15H2,1-2H3/q+1/t24-,27+/m1/s1. The molecule has 5 rings (SSSR count). The summed E-state index contributed by atoms with van der Waals surface area (Å²) < 4.78 is 78.8. The maximum atomic E-state index is 15.8. The average molecular weight is 562 g/mol. The van der Waals surface area contributed by atoms with Gasteiger partial charge in [-0.15, -0.1) is 10.2 Å². The molecule has 4 heterocycles. The first-order chi connectivity index (χ1) is 19.0. The highest BCUT2D eigenvalue weighted by molar-refractivity contribution is 5.58. The lowest BCUT2D eigenvalue weighted by Crippen LogP contribution is -2.25. The molecule has 0 unspecified atom stereocenters. The van der Waals surface area contributed by atoms with Crippen LogP contribution in [-0.2, 0) is 25.4 Å². The predicted octanol–water partition coefficient (Wildman–Crippen LogP) is 5.68. The largest absolute Gasteiger partial charge is 0.418 e. The van der Waals surface area contributed by atoms with Gasteiger partial charge in [0, 0.05) is 37.8 Å². The van der Waals surface area contributed by atoms with Crippen LogP contribution in [0.15, 0.2) is 53.8 Å². The SMILES string of the molecule is Cn1cnnc1[C@@H](F)[C@@](C)(F)c1cccc(-n2cc3c(C(F)(F)F)cc(C[N+]4=CCCCCCC4)cn3c2=O)c1. The van der Waals surface area contributed by atoms with Crippen molar-refractivity contribution in [1.82, 2.24) is 23.7 Å². The van der Waals surface area contributed by atoms with Crippen molar-refractivity contribution in [2.45, 2.75) is 63.6 Å². The number of nitrogens with zero attached hydrogens (tertiary/aromatic N) is 6. The molecule has 1 aliphatic rings. The second-order valence-electron chi connectivity index (χ2n) is 10.4. The van der Waals surface area contributed by atoms with Gasteiger partial charge < -0.3 is 4.57 Å². The number of imidazole rings is 1. The summed E-state index contributed by atoms with van der Waals surface area (Å²) in [7, 11) is 1.49. The Hall–Kier alpha value is -3.83. The van der Waals surface area contributed by atoms with Gasteiger partial charge in [-0.25, -0.2) is 18.2 Å². The monoisotopic (exact) mass is 561 g/mol. The molecule has 0 radical (unpaired) electrons. The van der Waals surface area contributed by atoms with E-state index in [-0.39, 0.29) is 29.1 Å². The molecule has 0 fully saturated rings. The van der Waals surface area contributed by atoms with Crippen molar-refractivity contribution in [3.63, 3.8) is 0 Å². The van der Waals surface area contributed by atoms with E-state index < -0.39 is 29.3 Å². The maximum Gasteiger partial charge on any atom is 0.418 e. The lowest BCUT2D eigenvalue weighted by molar-refractivity contribution is -0.541. The quantitative estimate of drug-likeness (QED) is 0.225. The van der Waals surface area contributed by atoms with Gasteiger partial charge in [-0.1, -0.05) is 18.6 Å². The molecule has 4 aromatic rings. The summed E-state index contributed by atoms with van der Waals surface area (Å²) >= 11 is 0. The molecule has 3 aromatic heterocycles. The highest BCUT2D eigenvalue weighted by atomic mass is 19.4. The highest BCUT2D eigenvalue weighted by Gasteiger charge is 2.41. The van der Waals surface area contributed by atoms with Gasteiger partial charge in [-0.05, 0) is 43.5 Å². The van der Waals surface area contributed by atoms with E-state index in [4.69, 9.17) is 0 Å². The van der Waals surface area contributed by atoms with Crippen molar-refractivity contribution >= 4 is 11.7 Å². The van der Waals surface area contributed by atoms with Gasteiger partial charge in [0.05, 0.1) is 16.8 Å². The van der Waals surface area contributed by atoms with Crippen LogP contribution in [0.5, 0.6) is 0 Å². The first-order valence-corrected chi connectivity index (χ1v) is 13.2. The number of fused-ring (bicyclic) bond motifs is 1. The van der Waals surface area contributed by atoms with Crippen LogP contribution in [0.25, 0.3) is 11.2 Å². The zero-order valence-corrected chi connectivity index (χ0v) is 22.2. The van der Waals surface area contributed by atoms with Crippen LogP contribution in [0.2, 0.25) is 0 Å². The number of benzene rings is 1. The molecule has 0 spiro atoms. The summed E-state index contributed by atoms with van der Waals surface area (Å²) in [6, 6.07) is 6.57. The van der Waals surface area contributed by atoms with Gasteiger partial charge in [0.25, 0.3) is 0 Å². The summed E-state index contributed by atoms with van der Waals surface area (Å²) in [6.45, 7) is 2.01. The van der Waals surface area contributed by atoms with Gasteiger partial charge in [0.1, 0.15) is 19.1 Å². The van der Waals surface area contributed by atoms with Gasteiger partial charge in [0.15, 0.2) is 24.2 Å². The molecule has 40 heavy (non-hydrogen) atoms. The van der Waals surface area contributed by atoms with E-state index in [0.717, 1.165) is 66.8 Å². The number of hydrogen-bond donors (Lipinski definition) is 0. The van der Waals surface area contributed by atoms with Crippen LogP contribution in [0.3, 0.4) is 0 Å². The molecule has 0 bridgehead atoms. The van der Waals surface area contributed by atoms with E-state index in [1.165, 1.54) is 48.4 Å². The van der Waals surface area contributed by atoms with Crippen LogP contribution >= 0.6 is 0 Å². The summed E-state index contributed by atoms with van der Waals surface area (Å²) in [5.74, 6) is -0.221. The molecule has 0 N–H and O–H groups in total. The molecule has 2 atom stereocenters. The number of aryl methyl sites for hydroxylation is 1. The molecule has 12 heteroatoms. The third-order valence-corrected chi connectivity index (χ3v) is 7.44. The summed E-state index contributed by atoms with van der Waals surface area (Å²) in [5, 5.41) is 7.24. The van der Waals surface area contributed by atoms with Crippen LogP contribution < -0.4 is 5.69 Å². The molecule has 0 saturated carbocycles. The van der Waals surface area contributed by atoms with E-state index in [9.17, 15) is 18.0 Å². The average Bonchev–Trinajstić information content (AvgIpc) is 3.47. The van der Waals surface area contributed by atoms with Crippen LogP contribution in [0.4, 0.5) is 22.0 Å². The van der Waals surface area contributed by atoms with E-state index >= 15 is 8.78 Å². The van der Waals surface area contributed by atoms with Crippen molar-refractivity contribution < 1.29 is 26.5 Å². The minimum Gasteiger partial charge on any atom is -0.318 e. The number of hydrogen-bond acceptors (Lipinski definition) is 3. The second kappa shape index (κ2) is 10.6. The molecular weight excluding hydrogens is 531 g/mol. The number of alkyl halides is 5. The van der Waals surface area contributed by atoms with Crippen molar-refractivity contribution in [3.8, 4) is 5.69 Å². The molecule has 7 nitrogen and oxygen atoms in total. The zero-order chi connectivity index (χ0) is 28.7. The second-order valence-corrected chi connectivity index (χ2v) is 10.4. The van der Waals surface area contributed by atoms with E-state index in [1.54, 1.807) is 0 Å². The number of aromatic nitrogens is 5. The molecule has 1 aromatic carbocycles. The highest BCUT2D eigenvalue weighted by Crippen LogP contribution is 2.41. The fraction of sp³-hybridized carbons (Fsp3) is 0.429. The lowest BCUT2D eigenvalue weighted by atomic mass is 9.92.